The summed E-state index contributed by atoms with van der Waals surface area (Å²) < 4.78 is 41.4. The summed E-state index contributed by atoms with van der Waals surface area (Å²) in [6.45, 7) is 0.401. The van der Waals surface area contributed by atoms with Gasteiger partial charge in [-0.05, 0) is 35.2 Å². The number of halogens is 2. The minimum atomic E-state index is -3.29. The molecule has 2 aromatic heterocycles. The maximum Gasteiger partial charge on any atom is 0.241 e. The molecule has 11 heteroatoms. The number of nitrogens with zero attached hydrogens (tertiary/aromatic N) is 4. The van der Waals surface area contributed by atoms with Gasteiger partial charge in [-0.15, -0.1) is 5.10 Å². The van der Waals surface area contributed by atoms with Gasteiger partial charge in [-0.1, -0.05) is 0 Å². The maximum atomic E-state index is 13.6. The van der Waals surface area contributed by atoms with E-state index in [-0.39, 0.29) is 29.3 Å². The van der Waals surface area contributed by atoms with Crippen LogP contribution in [-0.2, 0) is 10.0 Å². The van der Waals surface area contributed by atoms with E-state index < -0.39 is 21.9 Å². The number of sulfonamides is 1. The van der Waals surface area contributed by atoms with Crippen LogP contribution in [0.4, 0.5) is 10.3 Å². The highest BCUT2D eigenvalue weighted by Crippen LogP contribution is 2.32. The molecule has 1 saturated carbocycles. The molecule has 0 bridgehead atoms. The van der Waals surface area contributed by atoms with Gasteiger partial charge >= 0.3 is 0 Å². The molecule has 2 aromatic rings. The topological polar surface area (TPSA) is 99.8 Å². The number of rotatable bonds is 4. The van der Waals surface area contributed by atoms with Gasteiger partial charge in [-0.25, -0.2) is 22.3 Å². The van der Waals surface area contributed by atoms with E-state index in [4.69, 9.17) is 0 Å². The minimum absolute atomic E-state index is 0.0561. The van der Waals surface area contributed by atoms with Crippen LogP contribution < -0.4 is 5.32 Å². The van der Waals surface area contributed by atoms with Gasteiger partial charge in [0.2, 0.25) is 16.0 Å². The molecule has 0 spiro atoms. The van der Waals surface area contributed by atoms with E-state index in [1.54, 1.807) is 0 Å². The number of hydrogen-bond donors (Lipinski definition) is 2. The van der Waals surface area contributed by atoms with Crippen molar-refractivity contribution >= 4 is 37.4 Å². The van der Waals surface area contributed by atoms with E-state index in [9.17, 15) is 17.9 Å². The van der Waals surface area contributed by atoms with Crippen LogP contribution in [0.25, 0.3) is 5.52 Å². The number of aliphatic hydroxyl groups excluding tert-OH is 1. The molecule has 4 rings (SSSR count). The summed E-state index contributed by atoms with van der Waals surface area (Å²) in [5.41, 5.74) is 0.239. The summed E-state index contributed by atoms with van der Waals surface area (Å²) in [7, 11) is -3.29. The van der Waals surface area contributed by atoms with Gasteiger partial charge in [0.15, 0.2) is 5.82 Å². The van der Waals surface area contributed by atoms with Gasteiger partial charge < -0.3 is 10.4 Å². The van der Waals surface area contributed by atoms with Crippen LogP contribution in [0.2, 0.25) is 0 Å². The summed E-state index contributed by atoms with van der Waals surface area (Å²) in [5, 5.41) is 17.3. The molecule has 1 aliphatic heterocycles. The molecule has 0 unspecified atom stereocenters. The van der Waals surface area contributed by atoms with Gasteiger partial charge in [-0.3, -0.25) is 0 Å². The van der Waals surface area contributed by atoms with Gasteiger partial charge in [0.05, 0.1) is 23.6 Å². The molecule has 0 aromatic carbocycles. The number of piperidine rings is 1. The van der Waals surface area contributed by atoms with Crippen molar-refractivity contribution in [3.63, 3.8) is 0 Å². The van der Waals surface area contributed by atoms with E-state index in [1.807, 2.05) is 0 Å². The largest absolute Gasteiger partial charge is 0.390 e. The zero-order valence-corrected chi connectivity index (χ0v) is 15.5. The number of fused-ring (bicyclic) bond motifs is 1. The molecule has 136 valence electrons. The average molecular weight is 434 g/mol. The van der Waals surface area contributed by atoms with Crippen molar-refractivity contribution < 1.29 is 17.9 Å². The van der Waals surface area contributed by atoms with E-state index in [0.29, 0.717) is 30.4 Å². The van der Waals surface area contributed by atoms with Crippen LogP contribution in [0.3, 0.4) is 0 Å². The summed E-state index contributed by atoms with van der Waals surface area (Å²) in [6, 6.07) is 0.923. The molecule has 2 atom stereocenters. The zero-order chi connectivity index (χ0) is 17.8. The molecule has 8 nitrogen and oxygen atoms in total. The third-order valence-electron chi connectivity index (χ3n) is 4.59. The Morgan fingerprint density at radius 1 is 1.36 bits per heavy atom. The molecule has 25 heavy (non-hydrogen) atoms. The molecular formula is C14H17BrFN5O3S. The predicted octanol–water partition coefficient (Wildman–Crippen LogP) is 0.970. The van der Waals surface area contributed by atoms with Crippen LogP contribution in [0.5, 0.6) is 0 Å². The highest BCUT2D eigenvalue weighted by atomic mass is 79.9. The van der Waals surface area contributed by atoms with Crippen LogP contribution in [0.1, 0.15) is 19.3 Å². The lowest BCUT2D eigenvalue weighted by molar-refractivity contribution is 0.0946. The van der Waals surface area contributed by atoms with Crippen molar-refractivity contribution in [2.75, 3.05) is 18.4 Å². The lowest BCUT2D eigenvalue weighted by Gasteiger charge is -2.35. The number of β-amino-alcohol motifs (C(OH)–C–C–N with tert-alkyl or cyclic N) is 1. The van der Waals surface area contributed by atoms with Crippen molar-refractivity contribution in [2.24, 2.45) is 0 Å². The second-order valence-electron chi connectivity index (χ2n) is 6.40. The Labute approximate surface area is 152 Å². The lowest BCUT2D eigenvalue weighted by Crippen LogP contribution is -2.52. The average Bonchev–Trinajstić information content (AvgIpc) is 3.38. The quantitative estimate of drug-likeness (QED) is 0.744. The van der Waals surface area contributed by atoms with Crippen molar-refractivity contribution in [2.45, 2.75) is 36.7 Å². The summed E-state index contributed by atoms with van der Waals surface area (Å²) in [5.74, 6) is -0.191. The first kappa shape index (κ1) is 17.1. The third-order valence-corrected chi connectivity index (χ3v) is 7.52. The van der Waals surface area contributed by atoms with Gasteiger partial charge in [0.25, 0.3) is 0 Å². The summed E-state index contributed by atoms with van der Waals surface area (Å²) in [6.07, 6.45) is 2.33. The number of anilines is 1. The Morgan fingerprint density at radius 2 is 2.12 bits per heavy atom. The molecule has 2 aliphatic rings. The van der Waals surface area contributed by atoms with Crippen molar-refractivity contribution in [3.8, 4) is 0 Å². The molecule has 1 saturated heterocycles. The van der Waals surface area contributed by atoms with Crippen LogP contribution >= 0.6 is 15.9 Å². The van der Waals surface area contributed by atoms with Gasteiger partial charge in [-0.2, -0.15) is 4.31 Å². The minimum Gasteiger partial charge on any atom is -0.390 e. The molecule has 3 heterocycles. The standard InChI is InChI=1S/C14H17BrFN5O3S/c15-13-5-9(16)11-6-17-14(19-21(11)13)18-10-3-4-20(7-12(10)22)25(23,24)8-1-2-8/h5-6,8,10,12,22H,1-4,7H2,(H,18,19)/t10-,12-/m1/s1. The van der Waals surface area contributed by atoms with E-state index in [2.05, 4.69) is 31.3 Å². The van der Waals surface area contributed by atoms with E-state index in [1.165, 1.54) is 21.1 Å². The number of hydrogen-bond acceptors (Lipinski definition) is 6. The Balaban J connectivity index is 1.47. The molecule has 1 aliphatic carbocycles. The SMILES string of the molecule is O=S(=O)(C1CC1)N1CC[C@@H](Nc2ncc3c(F)cc(Br)n3n2)[C@H](O)C1. The molecule has 0 radical (unpaired) electrons. The predicted molar refractivity (Wildman–Crippen MR) is 92.2 cm³/mol. The first-order valence-electron chi connectivity index (χ1n) is 7.99. The maximum absolute atomic E-state index is 13.6. The first-order chi connectivity index (χ1) is 11.9. The molecular weight excluding hydrogens is 417 g/mol. The normalized spacial score (nSPS) is 25.4. The highest BCUT2D eigenvalue weighted by Gasteiger charge is 2.43. The fraction of sp³-hybridized carbons (Fsp3) is 0.571. The number of aliphatic hydroxyl groups is 1. The first-order valence-corrected chi connectivity index (χ1v) is 10.3. The van der Waals surface area contributed by atoms with E-state index >= 15 is 0 Å². The fourth-order valence-electron chi connectivity index (χ4n) is 3.03. The van der Waals surface area contributed by atoms with Gasteiger partial charge in [0, 0.05) is 19.2 Å². The Kier molecular flexibility index (Phi) is 4.21. The Morgan fingerprint density at radius 3 is 2.80 bits per heavy atom. The summed E-state index contributed by atoms with van der Waals surface area (Å²) >= 11 is 3.22. The fourth-order valence-corrected chi connectivity index (χ4v) is 5.37. The molecule has 2 fully saturated rings. The molecule has 0 amide bonds. The monoisotopic (exact) mass is 433 g/mol. The smallest absolute Gasteiger partial charge is 0.241 e. The van der Waals surface area contributed by atoms with Crippen molar-refractivity contribution in [1.82, 2.24) is 18.9 Å². The Bertz CT molecular complexity index is 917. The summed E-state index contributed by atoms with van der Waals surface area (Å²) in [4.78, 5) is 4.07. The number of nitrogens with one attached hydrogen (secondary N) is 1. The third kappa shape index (κ3) is 3.14. The van der Waals surface area contributed by atoms with E-state index in [0.717, 1.165) is 0 Å². The highest BCUT2D eigenvalue weighted by molar-refractivity contribution is 9.10. The number of aromatic nitrogens is 3. The van der Waals surface area contributed by atoms with Crippen LogP contribution in [0, 0.1) is 5.82 Å². The van der Waals surface area contributed by atoms with Crippen molar-refractivity contribution in [1.29, 1.82) is 0 Å². The lowest BCUT2D eigenvalue weighted by atomic mass is 10.0. The van der Waals surface area contributed by atoms with Crippen molar-refractivity contribution in [3.05, 3.63) is 22.7 Å². The van der Waals surface area contributed by atoms with Gasteiger partial charge in [0.1, 0.15) is 10.1 Å². The van der Waals surface area contributed by atoms with Crippen LogP contribution in [-0.4, -0.2) is 62.9 Å². The molecule has 2 N–H and O–H groups in total. The second-order valence-corrected chi connectivity index (χ2v) is 9.43. The van der Waals surface area contributed by atoms with Crippen LogP contribution in [0.15, 0.2) is 16.9 Å². The second kappa shape index (κ2) is 6.15. The zero-order valence-electron chi connectivity index (χ0n) is 13.1. The Hall–Kier alpha value is -1.30.